The van der Waals surface area contributed by atoms with E-state index in [1.54, 1.807) is 25.3 Å². The van der Waals surface area contributed by atoms with E-state index in [4.69, 9.17) is 16.3 Å². The van der Waals surface area contributed by atoms with Gasteiger partial charge in [-0.3, -0.25) is 14.9 Å². The van der Waals surface area contributed by atoms with Crippen molar-refractivity contribution in [1.29, 1.82) is 0 Å². The fraction of sp³-hybridized carbons (Fsp3) is 0.286. The van der Waals surface area contributed by atoms with Crippen molar-refractivity contribution in [2.75, 3.05) is 12.4 Å². The van der Waals surface area contributed by atoms with Gasteiger partial charge in [-0.2, -0.15) is 0 Å². The van der Waals surface area contributed by atoms with Crippen molar-refractivity contribution < 1.29 is 14.3 Å². The largest absolute Gasteiger partial charge is 0.497 e. The number of H-pyrrole nitrogens is 1. The summed E-state index contributed by atoms with van der Waals surface area (Å²) in [5.41, 5.74) is 2.25. The molecule has 0 radical (unpaired) electrons. The Kier molecular flexibility index (Phi) is 6.72. The molecule has 0 aliphatic heterocycles. The number of hydrogen-bond donors (Lipinski definition) is 3. The monoisotopic (exact) mass is 414 g/mol. The summed E-state index contributed by atoms with van der Waals surface area (Å²) in [5.74, 6) is 0.369. The van der Waals surface area contributed by atoms with Crippen LogP contribution in [-0.2, 0) is 16.0 Å². The van der Waals surface area contributed by atoms with Gasteiger partial charge in [0.1, 0.15) is 11.8 Å². The Balaban J connectivity index is 1.65. The number of aromatic amines is 1. The summed E-state index contributed by atoms with van der Waals surface area (Å²) in [6.07, 6.45) is 1.32. The van der Waals surface area contributed by atoms with Crippen LogP contribution in [0.1, 0.15) is 25.3 Å². The Morgan fingerprint density at radius 1 is 1.24 bits per heavy atom. The second-order valence-corrected chi connectivity index (χ2v) is 7.04. The standard InChI is InChI=1S/C21H23ClN4O3/c1-3-6-18(20(28)26-21-24-16-7-4-5-8-17(16)25-21)23-19(27)11-13-9-10-14(29-2)12-15(13)22/h4-5,7-10,12,18H,3,6,11H2,1-2H3,(H,23,27)(H2,24,25,26,28)/t18-/m0/s1. The molecular formula is C21H23ClN4O3. The number of halogens is 1. The van der Waals surface area contributed by atoms with Crippen LogP contribution in [0.4, 0.5) is 5.95 Å². The summed E-state index contributed by atoms with van der Waals surface area (Å²) in [6.45, 7) is 1.95. The molecule has 0 aliphatic rings. The van der Waals surface area contributed by atoms with Crippen LogP contribution in [-0.4, -0.2) is 34.9 Å². The highest BCUT2D eigenvalue weighted by Crippen LogP contribution is 2.23. The molecule has 8 heteroatoms. The zero-order valence-electron chi connectivity index (χ0n) is 16.3. The molecule has 2 aromatic carbocycles. The van der Waals surface area contributed by atoms with Crippen molar-refractivity contribution in [2.24, 2.45) is 0 Å². The van der Waals surface area contributed by atoms with Crippen molar-refractivity contribution in [1.82, 2.24) is 15.3 Å². The van der Waals surface area contributed by atoms with Gasteiger partial charge in [-0.25, -0.2) is 4.98 Å². The quantitative estimate of drug-likeness (QED) is 0.523. The zero-order valence-corrected chi connectivity index (χ0v) is 17.0. The molecule has 3 aromatic rings. The van der Waals surface area contributed by atoms with E-state index >= 15 is 0 Å². The predicted octanol–water partition coefficient (Wildman–Crippen LogP) is 3.69. The molecule has 0 fully saturated rings. The molecule has 0 saturated carbocycles. The van der Waals surface area contributed by atoms with E-state index < -0.39 is 6.04 Å². The molecule has 1 heterocycles. The molecule has 0 aliphatic carbocycles. The van der Waals surface area contributed by atoms with Crippen LogP contribution in [0.25, 0.3) is 11.0 Å². The summed E-state index contributed by atoms with van der Waals surface area (Å²) in [5, 5.41) is 5.99. The maximum absolute atomic E-state index is 12.7. The number of hydrogen-bond acceptors (Lipinski definition) is 4. The number of aromatic nitrogens is 2. The highest BCUT2D eigenvalue weighted by atomic mass is 35.5. The zero-order chi connectivity index (χ0) is 20.8. The number of benzene rings is 2. The van der Waals surface area contributed by atoms with Gasteiger partial charge in [0, 0.05) is 5.02 Å². The van der Waals surface area contributed by atoms with Gasteiger partial charge in [0.15, 0.2) is 0 Å². The van der Waals surface area contributed by atoms with E-state index in [1.807, 2.05) is 31.2 Å². The van der Waals surface area contributed by atoms with Gasteiger partial charge in [0.2, 0.25) is 17.8 Å². The van der Waals surface area contributed by atoms with E-state index in [0.717, 1.165) is 17.5 Å². The highest BCUT2D eigenvalue weighted by Gasteiger charge is 2.21. The number of carbonyl (C=O) groups excluding carboxylic acids is 2. The SMILES string of the molecule is CCC[C@H](NC(=O)Cc1ccc(OC)cc1Cl)C(=O)Nc1nc2ccccc2[nH]1. The third-order valence-electron chi connectivity index (χ3n) is 4.47. The van der Waals surface area contributed by atoms with Crippen molar-refractivity contribution in [2.45, 2.75) is 32.2 Å². The van der Waals surface area contributed by atoms with Crippen LogP contribution in [0.15, 0.2) is 42.5 Å². The number of ether oxygens (including phenoxy) is 1. The van der Waals surface area contributed by atoms with Gasteiger partial charge in [0.25, 0.3) is 0 Å². The minimum absolute atomic E-state index is 0.0704. The lowest BCUT2D eigenvalue weighted by Gasteiger charge is -2.17. The second-order valence-electron chi connectivity index (χ2n) is 6.63. The van der Waals surface area contributed by atoms with Crippen LogP contribution in [0.5, 0.6) is 5.75 Å². The predicted molar refractivity (Wildman–Crippen MR) is 113 cm³/mol. The van der Waals surface area contributed by atoms with Crippen LogP contribution in [0.2, 0.25) is 5.02 Å². The van der Waals surface area contributed by atoms with Crippen molar-refractivity contribution in [3.8, 4) is 5.75 Å². The molecule has 0 saturated heterocycles. The van der Waals surface area contributed by atoms with Gasteiger partial charge >= 0.3 is 0 Å². The van der Waals surface area contributed by atoms with Crippen molar-refractivity contribution in [3.05, 3.63) is 53.1 Å². The Morgan fingerprint density at radius 2 is 2.03 bits per heavy atom. The molecule has 2 amide bonds. The molecule has 0 spiro atoms. The maximum atomic E-state index is 12.7. The Bertz CT molecular complexity index is 985. The van der Waals surface area contributed by atoms with Gasteiger partial charge in [-0.15, -0.1) is 0 Å². The number of anilines is 1. The van der Waals surface area contributed by atoms with E-state index in [-0.39, 0.29) is 18.2 Å². The first kappa shape index (κ1) is 20.7. The Morgan fingerprint density at radius 3 is 2.72 bits per heavy atom. The minimum Gasteiger partial charge on any atom is -0.497 e. The first-order chi connectivity index (χ1) is 14.0. The number of imidazole rings is 1. The molecule has 152 valence electrons. The van der Waals surface area contributed by atoms with Gasteiger partial charge in [-0.05, 0) is 36.2 Å². The highest BCUT2D eigenvalue weighted by molar-refractivity contribution is 6.31. The van der Waals surface area contributed by atoms with Crippen LogP contribution >= 0.6 is 11.6 Å². The van der Waals surface area contributed by atoms with Crippen LogP contribution in [0, 0.1) is 0 Å². The molecule has 0 unspecified atom stereocenters. The number of amides is 2. The molecule has 0 bridgehead atoms. The molecule has 3 N–H and O–H groups in total. The number of nitrogens with zero attached hydrogens (tertiary/aromatic N) is 1. The Labute approximate surface area is 173 Å². The molecule has 29 heavy (non-hydrogen) atoms. The first-order valence-corrected chi connectivity index (χ1v) is 9.75. The molecular weight excluding hydrogens is 392 g/mol. The smallest absolute Gasteiger partial charge is 0.249 e. The Hall–Kier alpha value is -3.06. The number of nitrogens with one attached hydrogen (secondary N) is 3. The summed E-state index contributed by atoms with van der Waals surface area (Å²) < 4.78 is 5.11. The summed E-state index contributed by atoms with van der Waals surface area (Å²) in [4.78, 5) is 32.6. The van der Waals surface area contributed by atoms with E-state index in [9.17, 15) is 9.59 Å². The topological polar surface area (TPSA) is 96.1 Å². The lowest BCUT2D eigenvalue weighted by Crippen LogP contribution is -2.44. The van der Waals surface area contributed by atoms with E-state index in [0.29, 0.717) is 28.7 Å². The van der Waals surface area contributed by atoms with Gasteiger partial charge in [0.05, 0.1) is 24.6 Å². The third kappa shape index (κ3) is 5.26. The molecule has 3 rings (SSSR count). The normalized spacial score (nSPS) is 11.8. The average molecular weight is 415 g/mol. The lowest BCUT2D eigenvalue weighted by molar-refractivity contribution is -0.126. The molecule has 7 nitrogen and oxygen atoms in total. The summed E-state index contributed by atoms with van der Waals surface area (Å²) >= 11 is 6.21. The maximum Gasteiger partial charge on any atom is 0.249 e. The number of para-hydroxylation sites is 2. The molecule has 1 aromatic heterocycles. The van der Waals surface area contributed by atoms with Gasteiger partial charge < -0.3 is 15.0 Å². The number of rotatable bonds is 8. The van der Waals surface area contributed by atoms with Crippen LogP contribution < -0.4 is 15.4 Å². The fourth-order valence-corrected chi connectivity index (χ4v) is 3.23. The summed E-state index contributed by atoms with van der Waals surface area (Å²) in [6, 6.07) is 12.0. The average Bonchev–Trinajstić information content (AvgIpc) is 3.11. The number of methoxy groups -OCH3 is 1. The van der Waals surface area contributed by atoms with E-state index in [1.165, 1.54) is 0 Å². The fourth-order valence-electron chi connectivity index (χ4n) is 2.99. The van der Waals surface area contributed by atoms with E-state index in [2.05, 4.69) is 20.6 Å². The van der Waals surface area contributed by atoms with Crippen molar-refractivity contribution >= 4 is 40.4 Å². The second kappa shape index (κ2) is 9.43. The number of carbonyl (C=O) groups is 2. The van der Waals surface area contributed by atoms with Crippen LogP contribution in [0.3, 0.4) is 0 Å². The minimum atomic E-state index is -0.669. The van der Waals surface area contributed by atoms with Gasteiger partial charge in [-0.1, -0.05) is 43.1 Å². The first-order valence-electron chi connectivity index (χ1n) is 9.37. The van der Waals surface area contributed by atoms with Crippen molar-refractivity contribution in [3.63, 3.8) is 0 Å². The molecule has 1 atom stereocenters. The number of fused-ring (bicyclic) bond motifs is 1. The lowest BCUT2D eigenvalue weighted by atomic mass is 10.1. The third-order valence-corrected chi connectivity index (χ3v) is 4.82. The summed E-state index contributed by atoms with van der Waals surface area (Å²) in [7, 11) is 1.55.